The Kier molecular flexibility index (Phi) is 4.93. The first-order chi connectivity index (χ1) is 12.0. The average Bonchev–Trinajstić information content (AvgIpc) is 2.57. The zero-order chi connectivity index (χ0) is 17.8. The number of aromatic nitrogens is 3. The number of nitrogens with one attached hydrogen (secondary N) is 2. The van der Waals surface area contributed by atoms with Crippen LogP contribution in [0.5, 0.6) is 0 Å². The average molecular weight is 333 g/mol. The van der Waals surface area contributed by atoms with Crippen LogP contribution < -0.4 is 10.6 Å². The predicted octanol–water partition coefficient (Wildman–Crippen LogP) is 4.46. The van der Waals surface area contributed by atoms with E-state index in [1.807, 2.05) is 25.1 Å². The molecule has 1 aromatic carbocycles. The summed E-state index contributed by atoms with van der Waals surface area (Å²) in [4.78, 5) is 13.1. The zero-order valence-electron chi connectivity index (χ0n) is 15.1. The smallest absolute Gasteiger partial charge is 0.225 e. The molecule has 25 heavy (non-hydrogen) atoms. The quantitative estimate of drug-likeness (QED) is 0.722. The lowest BCUT2D eigenvalue weighted by molar-refractivity contribution is 1.03. The van der Waals surface area contributed by atoms with Crippen LogP contribution in [0.25, 0.3) is 0 Å². The first-order valence-electron chi connectivity index (χ1n) is 8.34. The molecule has 3 aromatic rings. The molecule has 2 N–H and O–H groups in total. The van der Waals surface area contributed by atoms with E-state index >= 15 is 0 Å². The molecular weight excluding hydrogens is 310 g/mol. The summed E-state index contributed by atoms with van der Waals surface area (Å²) in [5, 5.41) is 6.72. The molecule has 0 saturated carbocycles. The standard InChI is InChI=1S/C20H23N5/c1-13-9-14(2)19(15(3)10-13)24-18-11-16(4)23-20(25-18)22-12-17-5-7-21-8-6-17/h5-11H,12H2,1-4H3,(H2,22,23,24,25). The SMILES string of the molecule is Cc1cc(C)c(Nc2cc(C)nc(NCc3ccncc3)n2)c(C)c1. The van der Waals surface area contributed by atoms with Gasteiger partial charge in [-0.05, 0) is 56.5 Å². The maximum Gasteiger partial charge on any atom is 0.225 e. The van der Waals surface area contributed by atoms with Crippen LogP contribution in [0.2, 0.25) is 0 Å². The summed E-state index contributed by atoms with van der Waals surface area (Å²) in [5.41, 5.74) is 6.83. The van der Waals surface area contributed by atoms with Gasteiger partial charge in [-0.15, -0.1) is 0 Å². The molecule has 0 radical (unpaired) electrons. The van der Waals surface area contributed by atoms with Crippen molar-refractivity contribution in [3.63, 3.8) is 0 Å². The third-order valence-corrected chi connectivity index (χ3v) is 3.98. The van der Waals surface area contributed by atoms with Gasteiger partial charge in [0.05, 0.1) is 0 Å². The zero-order valence-corrected chi connectivity index (χ0v) is 15.1. The van der Waals surface area contributed by atoms with E-state index in [9.17, 15) is 0 Å². The Hall–Kier alpha value is -2.95. The van der Waals surface area contributed by atoms with Gasteiger partial charge in [-0.2, -0.15) is 4.98 Å². The fraction of sp³-hybridized carbons (Fsp3) is 0.250. The van der Waals surface area contributed by atoms with Crippen molar-refractivity contribution in [2.75, 3.05) is 10.6 Å². The van der Waals surface area contributed by atoms with E-state index in [0.717, 1.165) is 22.8 Å². The van der Waals surface area contributed by atoms with Gasteiger partial charge in [-0.3, -0.25) is 4.98 Å². The van der Waals surface area contributed by atoms with Crippen LogP contribution in [-0.4, -0.2) is 15.0 Å². The van der Waals surface area contributed by atoms with Crippen molar-refractivity contribution < 1.29 is 0 Å². The van der Waals surface area contributed by atoms with Crippen molar-refractivity contribution in [2.24, 2.45) is 0 Å². The second-order valence-corrected chi connectivity index (χ2v) is 6.33. The Morgan fingerprint density at radius 1 is 0.880 bits per heavy atom. The molecule has 0 spiro atoms. The minimum Gasteiger partial charge on any atom is -0.350 e. The number of benzene rings is 1. The number of pyridine rings is 1. The summed E-state index contributed by atoms with van der Waals surface area (Å²) in [6.45, 7) is 8.96. The third-order valence-electron chi connectivity index (χ3n) is 3.98. The maximum absolute atomic E-state index is 4.60. The highest BCUT2D eigenvalue weighted by molar-refractivity contribution is 5.66. The summed E-state index contributed by atoms with van der Waals surface area (Å²) in [5.74, 6) is 1.40. The maximum atomic E-state index is 4.60. The molecule has 0 bridgehead atoms. The van der Waals surface area contributed by atoms with Gasteiger partial charge in [0, 0.05) is 36.4 Å². The minimum atomic E-state index is 0.613. The Labute approximate surface area is 148 Å². The highest BCUT2D eigenvalue weighted by atomic mass is 15.1. The Balaban J connectivity index is 1.80. The van der Waals surface area contributed by atoms with E-state index in [2.05, 4.69) is 58.5 Å². The topological polar surface area (TPSA) is 62.7 Å². The van der Waals surface area contributed by atoms with Crippen molar-refractivity contribution in [3.8, 4) is 0 Å². The van der Waals surface area contributed by atoms with Gasteiger partial charge in [0.15, 0.2) is 0 Å². The predicted molar refractivity (Wildman–Crippen MR) is 102 cm³/mol. The molecule has 0 aliphatic rings. The highest BCUT2D eigenvalue weighted by Crippen LogP contribution is 2.25. The molecule has 0 amide bonds. The molecule has 3 rings (SSSR count). The van der Waals surface area contributed by atoms with Crippen LogP contribution in [0.3, 0.4) is 0 Å². The molecule has 0 fully saturated rings. The first-order valence-corrected chi connectivity index (χ1v) is 8.34. The molecule has 0 aliphatic carbocycles. The third kappa shape index (κ3) is 4.32. The molecule has 2 aromatic heterocycles. The fourth-order valence-electron chi connectivity index (χ4n) is 2.90. The van der Waals surface area contributed by atoms with Crippen molar-refractivity contribution in [2.45, 2.75) is 34.2 Å². The van der Waals surface area contributed by atoms with Crippen molar-refractivity contribution in [3.05, 3.63) is 70.7 Å². The number of hydrogen-bond acceptors (Lipinski definition) is 5. The lowest BCUT2D eigenvalue weighted by Gasteiger charge is -2.14. The lowest BCUT2D eigenvalue weighted by atomic mass is 10.1. The van der Waals surface area contributed by atoms with Crippen molar-refractivity contribution >= 4 is 17.5 Å². The first kappa shape index (κ1) is 16.9. The van der Waals surface area contributed by atoms with Gasteiger partial charge in [-0.1, -0.05) is 17.7 Å². The van der Waals surface area contributed by atoms with E-state index < -0.39 is 0 Å². The molecular formula is C20H23N5. The Morgan fingerprint density at radius 3 is 2.24 bits per heavy atom. The van der Waals surface area contributed by atoms with Gasteiger partial charge in [0.25, 0.3) is 0 Å². The van der Waals surface area contributed by atoms with Gasteiger partial charge in [-0.25, -0.2) is 4.98 Å². The van der Waals surface area contributed by atoms with E-state index in [-0.39, 0.29) is 0 Å². The summed E-state index contributed by atoms with van der Waals surface area (Å²) in [7, 11) is 0. The van der Waals surface area contributed by atoms with E-state index in [1.165, 1.54) is 16.7 Å². The molecule has 128 valence electrons. The van der Waals surface area contributed by atoms with Crippen LogP contribution in [-0.2, 0) is 6.54 Å². The van der Waals surface area contributed by atoms with Gasteiger partial charge in [0.1, 0.15) is 5.82 Å². The van der Waals surface area contributed by atoms with Gasteiger partial charge < -0.3 is 10.6 Å². The lowest BCUT2D eigenvalue weighted by Crippen LogP contribution is -2.07. The van der Waals surface area contributed by atoms with E-state index in [4.69, 9.17) is 0 Å². The number of hydrogen-bond donors (Lipinski definition) is 2. The number of aryl methyl sites for hydroxylation is 4. The largest absolute Gasteiger partial charge is 0.350 e. The number of nitrogens with zero attached hydrogens (tertiary/aromatic N) is 3. The van der Waals surface area contributed by atoms with Crippen LogP contribution in [0.15, 0.2) is 42.7 Å². The summed E-state index contributed by atoms with van der Waals surface area (Å²) in [6, 6.07) is 10.2. The molecule has 0 aliphatic heterocycles. The normalized spacial score (nSPS) is 10.6. The van der Waals surface area contributed by atoms with Crippen LogP contribution in [0.4, 0.5) is 17.5 Å². The summed E-state index contributed by atoms with van der Waals surface area (Å²) < 4.78 is 0. The number of anilines is 3. The second kappa shape index (κ2) is 7.30. The van der Waals surface area contributed by atoms with E-state index in [0.29, 0.717) is 12.5 Å². The van der Waals surface area contributed by atoms with Crippen LogP contribution in [0.1, 0.15) is 27.9 Å². The monoisotopic (exact) mass is 333 g/mol. The van der Waals surface area contributed by atoms with E-state index in [1.54, 1.807) is 12.4 Å². The molecule has 0 unspecified atom stereocenters. The molecule has 0 saturated heterocycles. The van der Waals surface area contributed by atoms with Crippen molar-refractivity contribution in [1.82, 2.24) is 15.0 Å². The Bertz CT molecular complexity index is 852. The molecule has 0 atom stereocenters. The summed E-state index contributed by atoms with van der Waals surface area (Å²) in [6.07, 6.45) is 3.56. The molecule has 5 nitrogen and oxygen atoms in total. The minimum absolute atomic E-state index is 0.613. The Morgan fingerprint density at radius 2 is 1.56 bits per heavy atom. The summed E-state index contributed by atoms with van der Waals surface area (Å²) >= 11 is 0. The second-order valence-electron chi connectivity index (χ2n) is 6.33. The van der Waals surface area contributed by atoms with Crippen LogP contribution in [0, 0.1) is 27.7 Å². The van der Waals surface area contributed by atoms with Gasteiger partial charge in [0.2, 0.25) is 5.95 Å². The van der Waals surface area contributed by atoms with Crippen LogP contribution >= 0.6 is 0 Å². The molecule has 5 heteroatoms. The van der Waals surface area contributed by atoms with Gasteiger partial charge >= 0.3 is 0 Å². The van der Waals surface area contributed by atoms with Crippen molar-refractivity contribution in [1.29, 1.82) is 0 Å². The highest BCUT2D eigenvalue weighted by Gasteiger charge is 2.07. The fourth-order valence-corrected chi connectivity index (χ4v) is 2.90. The number of rotatable bonds is 5. The molecule has 2 heterocycles.